The lowest BCUT2D eigenvalue weighted by atomic mass is 9.96. The van der Waals surface area contributed by atoms with Crippen molar-refractivity contribution in [1.82, 2.24) is 19.7 Å². The van der Waals surface area contributed by atoms with Crippen LogP contribution in [0.15, 0.2) is 42.7 Å². The van der Waals surface area contributed by atoms with Gasteiger partial charge in [0.2, 0.25) is 0 Å². The Morgan fingerprint density at radius 2 is 1.86 bits per heavy atom. The van der Waals surface area contributed by atoms with Crippen LogP contribution in [0.25, 0.3) is 11.1 Å². The molecule has 0 atom stereocenters. The Morgan fingerprint density at radius 1 is 1.14 bits per heavy atom. The Hall–Kier alpha value is -3.02. The van der Waals surface area contributed by atoms with E-state index >= 15 is 0 Å². The van der Waals surface area contributed by atoms with Gasteiger partial charge in [-0.3, -0.25) is 4.98 Å². The zero-order valence-corrected chi connectivity index (χ0v) is 17.5. The lowest BCUT2D eigenvalue weighted by Gasteiger charge is -2.12. The van der Waals surface area contributed by atoms with Gasteiger partial charge in [-0.15, -0.1) is 0 Å². The zero-order chi connectivity index (χ0) is 21.0. The van der Waals surface area contributed by atoms with Gasteiger partial charge in [0.05, 0.1) is 5.56 Å². The van der Waals surface area contributed by atoms with Gasteiger partial charge in [-0.2, -0.15) is 5.10 Å². The first-order valence-electron chi connectivity index (χ1n) is 10.0. The summed E-state index contributed by atoms with van der Waals surface area (Å²) >= 11 is 0. The summed E-state index contributed by atoms with van der Waals surface area (Å²) < 4.78 is 2.03. The van der Waals surface area contributed by atoms with Crippen molar-refractivity contribution in [2.75, 3.05) is 0 Å². The van der Waals surface area contributed by atoms with Crippen LogP contribution in [-0.2, 0) is 18.4 Å². The van der Waals surface area contributed by atoms with E-state index in [1.807, 2.05) is 28.9 Å². The third kappa shape index (κ3) is 4.88. The number of aromatic nitrogens is 4. The largest absolute Gasteiger partial charge is 0.478 e. The third-order valence-electron chi connectivity index (χ3n) is 4.82. The van der Waals surface area contributed by atoms with Crippen LogP contribution in [0.4, 0.5) is 0 Å². The fourth-order valence-electron chi connectivity index (χ4n) is 3.11. The van der Waals surface area contributed by atoms with E-state index in [0.717, 1.165) is 42.2 Å². The van der Waals surface area contributed by atoms with Gasteiger partial charge in [-0.1, -0.05) is 58.4 Å². The predicted molar refractivity (Wildman–Crippen MR) is 113 cm³/mol. The molecular weight excluding hydrogens is 364 g/mol. The highest BCUT2D eigenvalue weighted by atomic mass is 16.4. The van der Waals surface area contributed by atoms with E-state index < -0.39 is 5.97 Å². The summed E-state index contributed by atoms with van der Waals surface area (Å²) in [4.78, 5) is 20.2. The Morgan fingerprint density at radius 3 is 2.48 bits per heavy atom. The number of pyridine rings is 1. The van der Waals surface area contributed by atoms with Crippen LogP contribution < -0.4 is 0 Å². The van der Waals surface area contributed by atoms with Gasteiger partial charge in [0.1, 0.15) is 5.82 Å². The average molecular weight is 393 g/mol. The molecule has 2 heterocycles. The standard InChI is InChI=1S/C23H28N4O2/c1-5-6-13-27-20(25-22(26-27)23(2,3)4)14-16-7-9-17(10-8-16)18-11-12-24-15-19(18)21(28)29/h7-12,15H,5-6,13-14H2,1-4H3,(H,28,29). The number of hydrogen-bond acceptors (Lipinski definition) is 4. The molecule has 0 unspecified atom stereocenters. The molecule has 0 radical (unpaired) electrons. The second kappa shape index (κ2) is 8.55. The molecule has 0 spiro atoms. The van der Waals surface area contributed by atoms with Crippen molar-refractivity contribution in [1.29, 1.82) is 0 Å². The van der Waals surface area contributed by atoms with E-state index in [-0.39, 0.29) is 11.0 Å². The molecule has 0 aliphatic rings. The zero-order valence-electron chi connectivity index (χ0n) is 17.5. The molecule has 0 fully saturated rings. The molecule has 0 saturated carbocycles. The average Bonchev–Trinajstić information content (AvgIpc) is 3.10. The van der Waals surface area contributed by atoms with Gasteiger partial charge < -0.3 is 5.11 Å². The van der Waals surface area contributed by atoms with Crippen molar-refractivity contribution in [2.45, 2.75) is 58.9 Å². The van der Waals surface area contributed by atoms with Crippen LogP contribution in [0.3, 0.4) is 0 Å². The Bertz CT molecular complexity index is 985. The second-order valence-corrected chi connectivity index (χ2v) is 8.28. The minimum Gasteiger partial charge on any atom is -0.478 e. The fourth-order valence-corrected chi connectivity index (χ4v) is 3.11. The number of aromatic carboxylic acids is 1. The minimum absolute atomic E-state index is 0.0926. The van der Waals surface area contributed by atoms with Crippen molar-refractivity contribution >= 4 is 5.97 Å². The molecule has 152 valence electrons. The molecule has 0 aliphatic carbocycles. The Kier molecular flexibility index (Phi) is 6.11. The van der Waals surface area contributed by atoms with Crippen molar-refractivity contribution in [3.63, 3.8) is 0 Å². The monoisotopic (exact) mass is 392 g/mol. The highest BCUT2D eigenvalue weighted by molar-refractivity contribution is 5.95. The van der Waals surface area contributed by atoms with Gasteiger partial charge in [-0.25, -0.2) is 14.5 Å². The number of rotatable bonds is 7. The van der Waals surface area contributed by atoms with E-state index in [4.69, 9.17) is 10.1 Å². The highest BCUT2D eigenvalue weighted by Gasteiger charge is 2.22. The summed E-state index contributed by atoms with van der Waals surface area (Å²) in [6.45, 7) is 9.41. The van der Waals surface area contributed by atoms with Gasteiger partial charge in [-0.05, 0) is 29.2 Å². The molecule has 3 aromatic rings. The fraction of sp³-hybridized carbons (Fsp3) is 0.391. The molecule has 0 saturated heterocycles. The summed E-state index contributed by atoms with van der Waals surface area (Å²) in [7, 11) is 0. The number of benzene rings is 1. The van der Waals surface area contributed by atoms with Crippen LogP contribution in [-0.4, -0.2) is 30.8 Å². The summed E-state index contributed by atoms with van der Waals surface area (Å²) in [5, 5.41) is 14.1. The molecule has 1 aromatic carbocycles. The van der Waals surface area contributed by atoms with Crippen molar-refractivity contribution in [3.8, 4) is 11.1 Å². The summed E-state index contributed by atoms with van der Waals surface area (Å²) in [5.41, 5.74) is 2.75. The van der Waals surface area contributed by atoms with E-state index in [2.05, 4.69) is 32.7 Å². The maximum absolute atomic E-state index is 11.5. The number of carboxylic acids is 1. The van der Waals surface area contributed by atoms with Gasteiger partial charge in [0, 0.05) is 30.8 Å². The molecular formula is C23H28N4O2. The van der Waals surface area contributed by atoms with E-state index in [9.17, 15) is 9.90 Å². The molecule has 1 N–H and O–H groups in total. The van der Waals surface area contributed by atoms with Gasteiger partial charge in [0.15, 0.2) is 5.82 Å². The molecule has 0 amide bonds. The molecule has 6 heteroatoms. The Labute approximate surface area is 171 Å². The normalized spacial score (nSPS) is 11.6. The van der Waals surface area contributed by atoms with E-state index in [1.54, 1.807) is 12.3 Å². The summed E-state index contributed by atoms with van der Waals surface area (Å²) in [6.07, 6.45) is 5.86. The summed E-state index contributed by atoms with van der Waals surface area (Å²) in [5.74, 6) is 0.852. The van der Waals surface area contributed by atoms with Gasteiger partial charge >= 0.3 is 5.97 Å². The highest BCUT2D eigenvalue weighted by Crippen LogP contribution is 2.25. The molecule has 29 heavy (non-hydrogen) atoms. The van der Waals surface area contributed by atoms with Crippen LogP contribution >= 0.6 is 0 Å². The lowest BCUT2D eigenvalue weighted by Crippen LogP contribution is -2.14. The molecule has 0 aliphatic heterocycles. The first-order chi connectivity index (χ1) is 13.8. The smallest absolute Gasteiger partial charge is 0.337 e. The predicted octanol–water partition coefficient (Wildman–Crippen LogP) is 4.73. The SMILES string of the molecule is CCCCn1nc(C(C)(C)C)nc1Cc1ccc(-c2ccncc2C(=O)O)cc1. The number of aryl methyl sites for hydroxylation is 1. The first-order valence-corrected chi connectivity index (χ1v) is 10.0. The lowest BCUT2D eigenvalue weighted by molar-refractivity contribution is 0.0697. The van der Waals surface area contributed by atoms with Gasteiger partial charge in [0.25, 0.3) is 0 Å². The topological polar surface area (TPSA) is 80.9 Å². The maximum Gasteiger partial charge on any atom is 0.337 e. The maximum atomic E-state index is 11.5. The number of carboxylic acid groups (broad SMARTS) is 1. The van der Waals surface area contributed by atoms with Crippen molar-refractivity contribution in [2.24, 2.45) is 0 Å². The van der Waals surface area contributed by atoms with Crippen LogP contribution in [0.2, 0.25) is 0 Å². The number of unbranched alkanes of at least 4 members (excludes halogenated alkanes) is 1. The minimum atomic E-state index is -0.976. The Balaban J connectivity index is 1.87. The number of carbonyl (C=O) groups is 1. The third-order valence-corrected chi connectivity index (χ3v) is 4.82. The second-order valence-electron chi connectivity index (χ2n) is 8.28. The summed E-state index contributed by atoms with van der Waals surface area (Å²) in [6, 6.07) is 9.69. The van der Waals surface area contributed by atoms with E-state index in [0.29, 0.717) is 12.0 Å². The van der Waals surface area contributed by atoms with Crippen LogP contribution in [0.5, 0.6) is 0 Å². The molecule has 0 bridgehead atoms. The van der Waals surface area contributed by atoms with Crippen molar-refractivity contribution in [3.05, 3.63) is 65.5 Å². The quantitative estimate of drug-likeness (QED) is 0.629. The van der Waals surface area contributed by atoms with Crippen LogP contribution in [0.1, 0.15) is 68.1 Å². The first kappa shape index (κ1) is 20.7. The molecule has 6 nitrogen and oxygen atoms in total. The number of hydrogen-bond donors (Lipinski definition) is 1. The van der Waals surface area contributed by atoms with Crippen molar-refractivity contribution < 1.29 is 9.90 Å². The molecule has 3 rings (SSSR count). The van der Waals surface area contributed by atoms with Crippen LogP contribution in [0, 0.1) is 0 Å². The van der Waals surface area contributed by atoms with E-state index in [1.165, 1.54) is 6.20 Å². The number of nitrogens with zero attached hydrogens (tertiary/aromatic N) is 4. The molecule has 2 aromatic heterocycles.